The average molecular weight is 423 g/mol. The second kappa shape index (κ2) is 7.54. The summed E-state index contributed by atoms with van der Waals surface area (Å²) in [5.74, 6) is -4.63. The van der Waals surface area contributed by atoms with Gasteiger partial charge in [-0.05, 0) is 30.3 Å². The normalized spacial score (nSPS) is 11.8. The Morgan fingerprint density at radius 2 is 1.57 bits per heavy atom. The van der Waals surface area contributed by atoms with Crippen molar-refractivity contribution in [2.24, 2.45) is 0 Å². The number of esters is 1. The lowest BCUT2D eigenvalue weighted by atomic mass is 10.1. The van der Waals surface area contributed by atoms with Crippen LogP contribution in [0.2, 0.25) is 0 Å². The molecule has 2 aromatic rings. The number of sulfone groups is 1. The Bertz CT molecular complexity index is 1030. The molecule has 150 valence electrons. The average Bonchev–Trinajstić information content (AvgIpc) is 2.62. The van der Waals surface area contributed by atoms with E-state index in [9.17, 15) is 40.0 Å². The van der Waals surface area contributed by atoms with E-state index in [1.165, 1.54) is 0 Å². The number of hydrogen-bond donors (Lipinski definition) is 1. The lowest BCUT2D eigenvalue weighted by molar-refractivity contribution is -0.0436. The van der Waals surface area contributed by atoms with E-state index >= 15 is 0 Å². The van der Waals surface area contributed by atoms with Crippen LogP contribution in [-0.4, -0.2) is 32.9 Å². The third-order valence-electron chi connectivity index (χ3n) is 3.44. The van der Waals surface area contributed by atoms with Crippen LogP contribution in [0.5, 0.6) is 0 Å². The summed E-state index contributed by atoms with van der Waals surface area (Å²) in [6.07, 6.45) is 0. The highest BCUT2D eigenvalue weighted by molar-refractivity contribution is 7.92. The first-order chi connectivity index (χ1) is 12.9. The molecule has 0 aliphatic rings. The van der Waals surface area contributed by atoms with E-state index in [-0.39, 0.29) is 5.56 Å². The molecule has 0 bridgehead atoms. The predicted molar refractivity (Wildman–Crippen MR) is 85.3 cm³/mol. The summed E-state index contributed by atoms with van der Waals surface area (Å²) in [7, 11) is -4.63. The van der Waals surface area contributed by atoms with Crippen molar-refractivity contribution in [1.82, 2.24) is 0 Å². The smallest absolute Gasteiger partial charge is 0.465 e. The number of benzene rings is 2. The fraction of sp³-hybridized carbons (Fsp3) is 0.125. The van der Waals surface area contributed by atoms with Crippen molar-refractivity contribution in [1.29, 1.82) is 0 Å². The van der Waals surface area contributed by atoms with Gasteiger partial charge in [0.2, 0.25) is 0 Å². The van der Waals surface area contributed by atoms with Crippen LogP contribution < -0.4 is 5.32 Å². The van der Waals surface area contributed by atoms with Crippen molar-refractivity contribution in [3.8, 4) is 0 Å². The maximum atomic E-state index is 13.8. The second-order valence-corrected chi connectivity index (χ2v) is 7.17. The Labute approximate surface area is 154 Å². The summed E-state index contributed by atoms with van der Waals surface area (Å²) in [5, 5.41) is 2.00. The Hall–Kier alpha value is -3.02. The number of methoxy groups -OCH3 is 1. The molecule has 0 heterocycles. The molecule has 0 spiro atoms. The van der Waals surface area contributed by atoms with Gasteiger partial charge in [0.15, 0.2) is 0 Å². The van der Waals surface area contributed by atoms with E-state index in [1.807, 2.05) is 5.32 Å². The minimum atomic E-state index is -5.59. The molecule has 1 N–H and O–H groups in total. The van der Waals surface area contributed by atoms with Crippen molar-refractivity contribution >= 4 is 27.4 Å². The molecule has 0 radical (unpaired) electrons. The monoisotopic (exact) mass is 423 g/mol. The highest BCUT2D eigenvalue weighted by Gasteiger charge is 2.46. The SMILES string of the molecule is COC(=O)c1cc(NC(=O)c2ccc(S(=O)(=O)C(F)(F)F)cc2)c(F)cc1F. The first kappa shape index (κ1) is 21.3. The minimum Gasteiger partial charge on any atom is -0.465 e. The standard InChI is InChI=1S/C16H10F5NO5S/c1-27-15(24)10-6-13(12(18)7-11(10)17)22-14(23)8-2-4-9(5-3-8)28(25,26)16(19,20)21/h2-7H,1H3,(H,22,23). The number of alkyl halides is 3. The maximum absolute atomic E-state index is 13.8. The third-order valence-corrected chi connectivity index (χ3v) is 4.94. The molecule has 0 aromatic heterocycles. The minimum absolute atomic E-state index is 0.315. The second-order valence-electron chi connectivity index (χ2n) is 5.23. The maximum Gasteiger partial charge on any atom is 0.501 e. The van der Waals surface area contributed by atoms with Crippen LogP contribution in [0.15, 0.2) is 41.3 Å². The van der Waals surface area contributed by atoms with Gasteiger partial charge in [-0.2, -0.15) is 13.2 Å². The highest BCUT2D eigenvalue weighted by atomic mass is 32.2. The molecule has 28 heavy (non-hydrogen) atoms. The summed E-state index contributed by atoms with van der Waals surface area (Å²) in [6.45, 7) is 0. The topological polar surface area (TPSA) is 89.5 Å². The van der Waals surface area contributed by atoms with Crippen molar-refractivity contribution in [2.45, 2.75) is 10.4 Å². The van der Waals surface area contributed by atoms with Gasteiger partial charge in [-0.25, -0.2) is 22.0 Å². The predicted octanol–water partition coefficient (Wildman–Crippen LogP) is 3.30. The number of carbonyl (C=O) groups excluding carboxylic acids is 2. The molecule has 2 aromatic carbocycles. The molecule has 0 atom stereocenters. The highest BCUT2D eigenvalue weighted by Crippen LogP contribution is 2.30. The van der Waals surface area contributed by atoms with Crippen LogP contribution in [0.4, 0.5) is 27.6 Å². The van der Waals surface area contributed by atoms with Crippen molar-refractivity contribution < 1.29 is 44.7 Å². The van der Waals surface area contributed by atoms with Crippen LogP contribution >= 0.6 is 0 Å². The zero-order chi connectivity index (χ0) is 21.3. The van der Waals surface area contributed by atoms with E-state index in [2.05, 4.69) is 4.74 Å². The molecule has 0 saturated carbocycles. The molecule has 0 aliphatic carbocycles. The summed E-state index contributed by atoms with van der Waals surface area (Å²) >= 11 is 0. The zero-order valence-electron chi connectivity index (χ0n) is 13.8. The number of halogens is 5. The lowest BCUT2D eigenvalue weighted by Gasteiger charge is -2.10. The first-order valence-corrected chi connectivity index (χ1v) is 8.67. The Morgan fingerprint density at radius 1 is 1.00 bits per heavy atom. The molecule has 0 unspecified atom stereocenters. The number of anilines is 1. The van der Waals surface area contributed by atoms with Gasteiger partial charge in [-0.15, -0.1) is 0 Å². The van der Waals surface area contributed by atoms with Crippen LogP contribution in [0.25, 0.3) is 0 Å². The summed E-state index contributed by atoms with van der Waals surface area (Å²) in [6, 6.07) is 3.67. The van der Waals surface area contributed by atoms with Crippen LogP contribution in [0, 0.1) is 11.6 Å². The molecule has 12 heteroatoms. The molecule has 6 nitrogen and oxygen atoms in total. The largest absolute Gasteiger partial charge is 0.501 e. The molecule has 1 amide bonds. The first-order valence-electron chi connectivity index (χ1n) is 7.18. The Kier molecular flexibility index (Phi) is 5.73. The van der Waals surface area contributed by atoms with Gasteiger partial charge in [-0.1, -0.05) is 0 Å². The molecule has 0 saturated heterocycles. The molecule has 2 rings (SSSR count). The molecule has 0 aliphatic heterocycles. The summed E-state index contributed by atoms with van der Waals surface area (Å²) < 4.78 is 91.8. The number of carbonyl (C=O) groups is 2. The van der Waals surface area contributed by atoms with Crippen molar-refractivity contribution in [2.75, 3.05) is 12.4 Å². The molecule has 0 fully saturated rings. The lowest BCUT2D eigenvalue weighted by Crippen LogP contribution is -2.23. The van der Waals surface area contributed by atoms with Crippen LogP contribution in [0.1, 0.15) is 20.7 Å². The van der Waals surface area contributed by atoms with Crippen molar-refractivity contribution in [3.63, 3.8) is 0 Å². The fourth-order valence-electron chi connectivity index (χ4n) is 2.02. The van der Waals surface area contributed by atoms with Gasteiger partial charge < -0.3 is 10.1 Å². The molecular formula is C16H10F5NO5S. The number of rotatable bonds is 4. The Morgan fingerprint density at radius 3 is 2.07 bits per heavy atom. The van der Waals surface area contributed by atoms with Gasteiger partial charge in [0.05, 0.1) is 23.3 Å². The summed E-state index contributed by atoms with van der Waals surface area (Å²) in [5.41, 5.74) is -7.09. The van der Waals surface area contributed by atoms with E-state index in [1.54, 1.807) is 0 Å². The Balaban J connectivity index is 2.30. The fourth-order valence-corrected chi connectivity index (χ4v) is 2.79. The van der Waals surface area contributed by atoms with Gasteiger partial charge in [-0.3, -0.25) is 4.79 Å². The number of hydrogen-bond acceptors (Lipinski definition) is 5. The van der Waals surface area contributed by atoms with Gasteiger partial charge >= 0.3 is 11.5 Å². The van der Waals surface area contributed by atoms with Gasteiger partial charge in [0, 0.05) is 11.6 Å². The number of nitrogens with one attached hydrogen (secondary N) is 1. The van der Waals surface area contributed by atoms with Crippen LogP contribution in [0.3, 0.4) is 0 Å². The van der Waals surface area contributed by atoms with E-state index in [4.69, 9.17) is 0 Å². The quantitative estimate of drug-likeness (QED) is 0.602. The van der Waals surface area contributed by atoms with Crippen molar-refractivity contribution in [3.05, 3.63) is 59.2 Å². The van der Waals surface area contributed by atoms with Crippen LogP contribution in [-0.2, 0) is 14.6 Å². The number of ether oxygens (including phenoxy) is 1. The van der Waals surface area contributed by atoms with Gasteiger partial charge in [0.1, 0.15) is 11.6 Å². The summed E-state index contributed by atoms with van der Waals surface area (Å²) in [4.78, 5) is 22.4. The third kappa shape index (κ3) is 4.11. The van der Waals surface area contributed by atoms with E-state index in [0.29, 0.717) is 24.3 Å². The van der Waals surface area contributed by atoms with Gasteiger partial charge in [0.25, 0.3) is 15.7 Å². The van der Waals surface area contributed by atoms with E-state index in [0.717, 1.165) is 19.2 Å². The number of amides is 1. The molecular weight excluding hydrogens is 413 g/mol. The zero-order valence-corrected chi connectivity index (χ0v) is 14.6. The van der Waals surface area contributed by atoms with E-state index < -0.39 is 55.0 Å².